The Morgan fingerprint density at radius 2 is 1.76 bits per heavy atom. The van der Waals surface area contributed by atoms with Crippen molar-refractivity contribution >= 4 is 24.3 Å². The molecule has 0 rings (SSSR count). The van der Waals surface area contributed by atoms with Crippen molar-refractivity contribution in [3.8, 4) is 0 Å². The van der Waals surface area contributed by atoms with Crippen molar-refractivity contribution < 1.29 is 14.3 Å². The number of halogens is 1. The molecule has 0 fully saturated rings. The lowest BCUT2D eigenvalue weighted by atomic mass is 10.0. The molecule has 0 unspecified atom stereocenters. The maximum atomic E-state index is 11.7. The number of hydrogen-bond acceptors (Lipinski definition) is 4. The fourth-order valence-electron chi connectivity index (χ4n) is 1.25. The lowest BCUT2D eigenvalue weighted by Crippen LogP contribution is -2.45. The van der Waals surface area contributed by atoms with Crippen molar-refractivity contribution in [2.75, 3.05) is 6.54 Å². The molecule has 0 radical (unpaired) electrons. The summed E-state index contributed by atoms with van der Waals surface area (Å²) < 4.78 is 5.06. The predicted molar refractivity (Wildman–Crippen MR) is 68.9 cm³/mol. The minimum Gasteiger partial charge on any atom is -0.461 e. The number of hydrogen-bond donors (Lipinski definition) is 2. The van der Waals surface area contributed by atoms with Crippen LogP contribution >= 0.6 is 12.4 Å². The Labute approximate surface area is 109 Å². The van der Waals surface area contributed by atoms with Gasteiger partial charge in [0.15, 0.2) is 0 Å². The SMILES string of the molecule is CC(C)C[C@H](NC(=O)CN)C(=O)OC(C)C.Cl. The number of nitrogens with two attached hydrogens (primary N) is 1. The van der Waals surface area contributed by atoms with Gasteiger partial charge in [-0.25, -0.2) is 4.79 Å². The molecule has 0 aliphatic rings. The third kappa shape index (κ3) is 8.94. The van der Waals surface area contributed by atoms with Gasteiger partial charge in [-0.3, -0.25) is 4.79 Å². The largest absolute Gasteiger partial charge is 0.461 e. The monoisotopic (exact) mass is 266 g/mol. The molecule has 0 bridgehead atoms. The van der Waals surface area contributed by atoms with Gasteiger partial charge in [-0.15, -0.1) is 12.4 Å². The standard InChI is InChI=1S/C11H22N2O3.ClH/c1-7(2)5-9(13-10(14)6-12)11(15)16-8(3)4;/h7-9H,5-6,12H2,1-4H3,(H,13,14);1H/t9-;/m0./s1. The summed E-state index contributed by atoms with van der Waals surface area (Å²) in [5, 5.41) is 2.56. The van der Waals surface area contributed by atoms with Crippen molar-refractivity contribution in [2.45, 2.75) is 46.3 Å². The van der Waals surface area contributed by atoms with E-state index in [4.69, 9.17) is 10.5 Å². The number of amides is 1. The number of carbonyl (C=O) groups excluding carboxylic acids is 2. The Morgan fingerprint density at radius 1 is 1.24 bits per heavy atom. The van der Waals surface area contributed by atoms with Crippen LogP contribution in [0.1, 0.15) is 34.1 Å². The summed E-state index contributed by atoms with van der Waals surface area (Å²) in [6.07, 6.45) is 0.369. The van der Waals surface area contributed by atoms with Gasteiger partial charge < -0.3 is 15.8 Å². The van der Waals surface area contributed by atoms with Gasteiger partial charge in [0.25, 0.3) is 0 Å². The van der Waals surface area contributed by atoms with Gasteiger partial charge in [0, 0.05) is 0 Å². The zero-order valence-electron chi connectivity index (χ0n) is 10.9. The van der Waals surface area contributed by atoms with E-state index in [2.05, 4.69) is 5.32 Å². The molecule has 102 valence electrons. The molecular weight excluding hydrogens is 244 g/mol. The quantitative estimate of drug-likeness (QED) is 0.699. The van der Waals surface area contributed by atoms with Crippen LogP contribution in [0.25, 0.3) is 0 Å². The summed E-state index contributed by atoms with van der Waals surface area (Å²) in [5.41, 5.74) is 5.19. The van der Waals surface area contributed by atoms with E-state index in [1.54, 1.807) is 13.8 Å². The molecule has 0 aromatic heterocycles. The van der Waals surface area contributed by atoms with Crippen molar-refractivity contribution in [3.63, 3.8) is 0 Å². The van der Waals surface area contributed by atoms with Crippen LogP contribution in [0.2, 0.25) is 0 Å². The smallest absolute Gasteiger partial charge is 0.328 e. The van der Waals surface area contributed by atoms with Crippen LogP contribution in [0.15, 0.2) is 0 Å². The first-order valence-electron chi connectivity index (χ1n) is 5.56. The van der Waals surface area contributed by atoms with Crippen molar-refractivity contribution in [1.29, 1.82) is 0 Å². The predicted octanol–water partition coefficient (Wildman–Crippen LogP) is 0.849. The average molecular weight is 267 g/mol. The second-order valence-electron chi connectivity index (χ2n) is 4.44. The molecule has 1 atom stereocenters. The Kier molecular flexibility index (Phi) is 10.1. The molecule has 0 saturated heterocycles. The van der Waals surface area contributed by atoms with Crippen LogP contribution < -0.4 is 11.1 Å². The molecule has 6 heteroatoms. The third-order valence-corrected chi connectivity index (χ3v) is 1.86. The number of nitrogens with one attached hydrogen (secondary N) is 1. The maximum Gasteiger partial charge on any atom is 0.328 e. The van der Waals surface area contributed by atoms with Crippen LogP contribution in [-0.4, -0.2) is 30.6 Å². The second-order valence-corrected chi connectivity index (χ2v) is 4.44. The summed E-state index contributed by atoms with van der Waals surface area (Å²) >= 11 is 0. The topological polar surface area (TPSA) is 81.4 Å². The molecule has 0 heterocycles. The highest BCUT2D eigenvalue weighted by atomic mass is 35.5. The van der Waals surface area contributed by atoms with Crippen molar-refractivity contribution in [1.82, 2.24) is 5.32 Å². The number of carbonyl (C=O) groups is 2. The van der Waals surface area contributed by atoms with Crippen molar-refractivity contribution in [3.05, 3.63) is 0 Å². The molecule has 3 N–H and O–H groups in total. The molecule has 0 saturated carbocycles. The van der Waals surface area contributed by atoms with E-state index in [9.17, 15) is 9.59 Å². The Balaban J connectivity index is 0. The summed E-state index contributed by atoms with van der Waals surface area (Å²) in [6.45, 7) is 7.38. The van der Waals surface area contributed by atoms with Gasteiger partial charge in [0.2, 0.25) is 5.91 Å². The van der Waals surface area contributed by atoms with E-state index in [1.807, 2.05) is 13.8 Å². The Morgan fingerprint density at radius 3 is 2.12 bits per heavy atom. The zero-order chi connectivity index (χ0) is 12.7. The normalized spacial score (nSPS) is 11.9. The summed E-state index contributed by atoms with van der Waals surface area (Å²) in [7, 11) is 0. The van der Waals surface area contributed by atoms with Gasteiger partial charge >= 0.3 is 5.97 Å². The third-order valence-electron chi connectivity index (χ3n) is 1.86. The first-order chi connectivity index (χ1) is 7.36. The van der Waals surface area contributed by atoms with E-state index >= 15 is 0 Å². The first-order valence-corrected chi connectivity index (χ1v) is 5.56. The Hall–Kier alpha value is -0.810. The highest BCUT2D eigenvalue weighted by molar-refractivity contribution is 5.85. The summed E-state index contributed by atoms with van der Waals surface area (Å²) in [6, 6.07) is -0.599. The van der Waals surface area contributed by atoms with Crippen LogP contribution in [0.4, 0.5) is 0 Å². The molecule has 0 aromatic rings. The van der Waals surface area contributed by atoms with Crippen LogP contribution in [0.3, 0.4) is 0 Å². The molecule has 0 aromatic carbocycles. The van der Waals surface area contributed by atoms with Crippen LogP contribution in [0, 0.1) is 5.92 Å². The van der Waals surface area contributed by atoms with E-state index in [1.165, 1.54) is 0 Å². The van der Waals surface area contributed by atoms with Crippen molar-refractivity contribution in [2.24, 2.45) is 11.7 Å². The van der Waals surface area contributed by atoms with E-state index < -0.39 is 12.0 Å². The number of esters is 1. The molecule has 0 spiro atoms. The molecule has 0 aliphatic heterocycles. The highest BCUT2D eigenvalue weighted by Crippen LogP contribution is 2.07. The molecule has 17 heavy (non-hydrogen) atoms. The van der Waals surface area contributed by atoms with Gasteiger partial charge in [0.05, 0.1) is 12.6 Å². The highest BCUT2D eigenvalue weighted by Gasteiger charge is 2.23. The van der Waals surface area contributed by atoms with Crippen LogP contribution in [0.5, 0.6) is 0 Å². The number of rotatable bonds is 6. The zero-order valence-corrected chi connectivity index (χ0v) is 11.7. The minimum atomic E-state index is -0.599. The van der Waals surface area contributed by atoms with Gasteiger partial charge in [-0.2, -0.15) is 0 Å². The van der Waals surface area contributed by atoms with Crippen LogP contribution in [-0.2, 0) is 14.3 Å². The summed E-state index contributed by atoms with van der Waals surface area (Å²) in [4.78, 5) is 22.8. The Bertz CT molecular complexity index is 245. The fourth-order valence-corrected chi connectivity index (χ4v) is 1.25. The molecular formula is C11H23ClN2O3. The molecule has 0 aliphatic carbocycles. The van der Waals surface area contributed by atoms with Gasteiger partial charge in [-0.05, 0) is 26.2 Å². The van der Waals surface area contributed by atoms with Gasteiger partial charge in [0.1, 0.15) is 6.04 Å². The first kappa shape index (κ1) is 18.6. The lowest BCUT2D eigenvalue weighted by molar-refractivity contribution is -0.151. The van der Waals surface area contributed by atoms with E-state index in [-0.39, 0.29) is 31.0 Å². The average Bonchev–Trinajstić information content (AvgIpc) is 2.14. The number of ether oxygens (including phenoxy) is 1. The van der Waals surface area contributed by atoms with Gasteiger partial charge in [-0.1, -0.05) is 13.8 Å². The molecule has 5 nitrogen and oxygen atoms in total. The molecule has 1 amide bonds. The van der Waals surface area contributed by atoms with E-state index in [0.717, 1.165) is 0 Å². The summed E-state index contributed by atoms with van der Waals surface area (Å²) in [5.74, 6) is -0.445. The van der Waals surface area contributed by atoms with E-state index in [0.29, 0.717) is 12.3 Å². The maximum absolute atomic E-state index is 11.7. The fraction of sp³-hybridized carbons (Fsp3) is 0.818. The minimum absolute atomic E-state index is 0. The second kappa shape index (κ2) is 9.24. The lowest BCUT2D eigenvalue weighted by Gasteiger charge is -2.20.